The lowest BCUT2D eigenvalue weighted by Crippen LogP contribution is -2.73. The van der Waals surface area contributed by atoms with Crippen molar-refractivity contribution in [3.8, 4) is 0 Å². The van der Waals surface area contributed by atoms with Crippen molar-refractivity contribution in [2.75, 3.05) is 5.32 Å². The molecule has 152 valence electrons. The summed E-state index contributed by atoms with van der Waals surface area (Å²) in [6.45, 7) is 7.94. The van der Waals surface area contributed by atoms with Gasteiger partial charge in [-0.25, -0.2) is 4.98 Å². The zero-order chi connectivity index (χ0) is 21.3. The number of aliphatic hydroxyl groups is 1. The second kappa shape index (κ2) is 5.63. The fourth-order valence-corrected chi connectivity index (χ4v) is 4.96. The smallest absolute Gasteiger partial charge is 0.296 e. The van der Waals surface area contributed by atoms with Crippen molar-refractivity contribution in [1.82, 2.24) is 20.2 Å². The van der Waals surface area contributed by atoms with Gasteiger partial charge in [0.15, 0.2) is 5.76 Å². The van der Waals surface area contributed by atoms with E-state index in [2.05, 4.69) is 27.2 Å². The molecule has 2 amide bonds. The number of aliphatic hydroxyl groups excluding tert-OH is 1. The van der Waals surface area contributed by atoms with Crippen LogP contribution in [0, 0.1) is 5.41 Å². The maximum absolute atomic E-state index is 13.2. The molecule has 3 aliphatic heterocycles. The monoisotopic (exact) mass is 403 g/mol. The number of allylic oxidation sites excluding steroid dienone is 1. The zero-order valence-corrected chi connectivity index (χ0v) is 16.6. The number of rotatable bonds is 3. The number of aromatic amines is 1. The fraction of sp³-hybridized carbons (Fsp3) is 0.227. The molecule has 0 radical (unpaired) electrons. The summed E-state index contributed by atoms with van der Waals surface area (Å²) in [6.07, 6.45) is 7.90. The van der Waals surface area contributed by atoms with Gasteiger partial charge in [-0.15, -0.1) is 6.58 Å². The number of hydrogen-bond acceptors (Lipinski definition) is 5. The highest BCUT2D eigenvalue weighted by atomic mass is 16.3. The normalized spacial score (nSPS) is 28.4. The van der Waals surface area contributed by atoms with E-state index in [4.69, 9.17) is 0 Å². The van der Waals surface area contributed by atoms with Crippen LogP contribution in [0.4, 0.5) is 5.69 Å². The minimum Gasteiger partial charge on any atom is -0.503 e. The summed E-state index contributed by atoms with van der Waals surface area (Å²) in [7, 11) is 0. The van der Waals surface area contributed by atoms with E-state index in [1.807, 2.05) is 38.1 Å². The molecule has 4 N–H and O–H groups in total. The minimum absolute atomic E-state index is 0.105. The number of H-pyrrole nitrogens is 1. The van der Waals surface area contributed by atoms with Gasteiger partial charge in [-0.2, -0.15) is 0 Å². The van der Waals surface area contributed by atoms with Gasteiger partial charge in [0.25, 0.3) is 11.8 Å². The highest BCUT2D eigenvalue weighted by Gasteiger charge is 2.73. The summed E-state index contributed by atoms with van der Waals surface area (Å²) >= 11 is 0. The number of aromatic nitrogens is 2. The molecule has 4 heterocycles. The predicted molar refractivity (Wildman–Crippen MR) is 111 cm³/mol. The van der Waals surface area contributed by atoms with Crippen molar-refractivity contribution >= 4 is 23.6 Å². The molecule has 2 aromatic rings. The predicted octanol–water partition coefficient (Wildman–Crippen LogP) is 2.39. The minimum atomic E-state index is -1.35. The third kappa shape index (κ3) is 1.93. The number of carbonyl (C=O) groups excluding carboxylic acids is 2. The van der Waals surface area contributed by atoms with Gasteiger partial charge in [-0.05, 0) is 23.8 Å². The van der Waals surface area contributed by atoms with Gasteiger partial charge in [0.1, 0.15) is 5.70 Å². The number of nitrogens with one attached hydrogen (secondary N) is 3. The van der Waals surface area contributed by atoms with E-state index in [0.29, 0.717) is 5.69 Å². The Balaban J connectivity index is 1.86. The molecule has 0 bridgehead atoms. The number of amides is 2. The third-order valence-electron chi connectivity index (χ3n) is 6.46. The van der Waals surface area contributed by atoms with Gasteiger partial charge in [0, 0.05) is 11.1 Å². The molecular formula is C22H21N5O3. The molecule has 30 heavy (non-hydrogen) atoms. The topological polar surface area (TPSA) is 110 Å². The number of imidazole rings is 1. The first-order valence-electron chi connectivity index (χ1n) is 9.58. The Kier molecular flexibility index (Phi) is 3.42. The molecule has 3 aliphatic rings. The largest absolute Gasteiger partial charge is 0.503 e. The molecule has 1 saturated heterocycles. The molecule has 8 nitrogen and oxygen atoms in total. The van der Waals surface area contributed by atoms with E-state index in [9.17, 15) is 14.7 Å². The van der Waals surface area contributed by atoms with Crippen LogP contribution in [0.1, 0.15) is 25.1 Å². The molecular weight excluding hydrogens is 382 g/mol. The van der Waals surface area contributed by atoms with Gasteiger partial charge in [-0.3, -0.25) is 14.5 Å². The van der Waals surface area contributed by atoms with Crippen molar-refractivity contribution in [3.05, 3.63) is 78.2 Å². The summed E-state index contributed by atoms with van der Waals surface area (Å²) in [5.74, 6) is -2.88. The van der Waals surface area contributed by atoms with E-state index < -0.39 is 34.2 Å². The highest BCUT2D eigenvalue weighted by Crippen LogP contribution is 2.62. The van der Waals surface area contributed by atoms with Gasteiger partial charge in [0.05, 0.1) is 23.6 Å². The number of hydrogen-bond donors (Lipinski definition) is 4. The number of carbonyl (C=O) groups is 2. The van der Waals surface area contributed by atoms with Crippen LogP contribution in [0.2, 0.25) is 0 Å². The van der Waals surface area contributed by atoms with Crippen LogP contribution in [-0.2, 0) is 15.0 Å². The van der Waals surface area contributed by atoms with Gasteiger partial charge >= 0.3 is 0 Å². The van der Waals surface area contributed by atoms with Crippen molar-refractivity contribution in [2.45, 2.75) is 25.0 Å². The first kappa shape index (κ1) is 18.2. The van der Waals surface area contributed by atoms with E-state index in [1.54, 1.807) is 24.4 Å². The van der Waals surface area contributed by atoms with Gasteiger partial charge in [0.2, 0.25) is 5.79 Å². The van der Waals surface area contributed by atoms with Gasteiger partial charge in [-0.1, -0.05) is 38.1 Å². The summed E-state index contributed by atoms with van der Waals surface area (Å²) in [5.41, 5.74) is 0.587. The number of para-hydroxylation sites is 1. The van der Waals surface area contributed by atoms with E-state index in [1.165, 1.54) is 11.2 Å². The van der Waals surface area contributed by atoms with Crippen LogP contribution in [0.3, 0.4) is 0 Å². The van der Waals surface area contributed by atoms with Crippen molar-refractivity contribution in [2.24, 2.45) is 5.41 Å². The fourth-order valence-electron chi connectivity index (χ4n) is 4.96. The first-order chi connectivity index (χ1) is 14.3. The van der Waals surface area contributed by atoms with Crippen LogP contribution >= 0.6 is 0 Å². The van der Waals surface area contributed by atoms with Crippen LogP contribution in [-0.4, -0.2) is 37.6 Å². The molecule has 0 saturated carbocycles. The van der Waals surface area contributed by atoms with E-state index in [0.717, 1.165) is 11.3 Å². The molecule has 1 spiro atoms. The lowest BCUT2D eigenvalue weighted by molar-refractivity contribution is -0.136. The Hall–Kier alpha value is -3.81. The molecule has 5 rings (SSSR count). The molecule has 2 atom stereocenters. The highest BCUT2D eigenvalue weighted by molar-refractivity contribution is 6.10. The number of nitrogens with zero attached hydrogens (tertiary/aromatic N) is 2. The Morgan fingerprint density at radius 1 is 1.23 bits per heavy atom. The maximum atomic E-state index is 13.2. The van der Waals surface area contributed by atoms with Gasteiger partial charge < -0.3 is 20.7 Å². The Morgan fingerprint density at radius 3 is 2.70 bits per heavy atom. The maximum Gasteiger partial charge on any atom is 0.296 e. The summed E-state index contributed by atoms with van der Waals surface area (Å²) in [4.78, 5) is 34.6. The van der Waals surface area contributed by atoms with Crippen molar-refractivity contribution in [1.29, 1.82) is 0 Å². The molecule has 2 unspecified atom stereocenters. The molecule has 0 aliphatic carbocycles. The number of fused-ring (bicyclic) bond motifs is 2. The molecule has 8 heteroatoms. The van der Waals surface area contributed by atoms with E-state index >= 15 is 0 Å². The average molecular weight is 403 g/mol. The summed E-state index contributed by atoms with van der Waals surface area (Å²) in [5, 5.41) is 17.2. The SMILES string of the molecule is C=CC(C)(C)C12C=C(O)C(=O)N3/C(=C/c4cnc[nH]4)C(=O)NC31Nc1ccccc12. The Bertz CT molecular complexity index is 1160. The second-order valence-electron chi connectivity index (χ2n) is 8.28. The second-order valence-corrected chi connectivity index (χ2v) is 8.28. The third-order valence-corrected chi connectivity index (χ3v) is 6.46. The molecule has 1 aromatic carbocycles. The Labute approximate surface area is 173 Å². The average Bonchev–Trinajstić information content (AvgIpc) is 3.39. The number of anilines is 1. The van der Waals surface area contributed by atoms with Crippen LogP contribution in [0.25, 0.3) is 6.08 Å². The molecule has 1 aromatic heterocycles. The van der Waals surface area contributed by atoms with Crippen LogP contribution in [0.5, 0.6) is 0 Å². The first-order valence-corrected chi connectivity index (χ1v) is 9.58. The van der Waals surface area contributed by atoms with E-state index in [-0.39, 0.29) is 5.70 Å². The van der Waals surface area contributed by atoms with Crippen molar-refractivity contribution in [3.63, 3.8) is 0 Å². The Morgan fingerprint density at radius 2 is 2.00 bits per heavy atom. The number of benzene rings is 1. The molecule has 1 fully saturated rings. The standard InChI is InChI=1S/C22H21N5O3/c1-4-20(2,3)21-10-17(28)19(30)27-16(9-13-11-23-12-24-13)18(29)26-22(21,27)25-15-8-6-5-7-14(15)21/h4-12,25,28H,1H2,2-3H3,(H,23,24)(H,26,29)/b16-9+. The summed E-state index contributed by atoms with van der Waals surface area (Å²) in [6, 6.07) is 7.59. The zero-order valence-electron chi connectivity index (χ0n) is 16.6. The van der Waals surface area contributed by atoms with Crippen LogP contribution < -0.4 is 10.6 Å². The lowest BCUT2D eigenvalue weighted by Gasteiger charge is -2.54. The summed E-state index contributed by atoms with van der Waals surface area (Å²) < 4.78 is 0. The van der Waals surface area contributed by atoms with Crippen LogP contribution in [0.15, 0.2) is 67.0 Å². The lowest BCUT2D eigenvalue weighted by atomic mass is 9.57. The van der Waals surface area contributed by atoms with Crippen molar-refractivity contribution < 1.29 is 14.7 Å². The quantitative estimate of drug-likeness (QED) is 0.465.